The first-order valence-electron chi connectivity index (χ1n) is 5.07. The number of carbonyl (C=O) groups is 1. The average molecular weight is 239 g/mol. The summed E-state index contributed by atoms with van der Waals surface area (Å²) >= 11 is 0. The van der Waals surface area contributed by atoms with Crippen molar-refractivity contribution in [3.63, 3.8) is 0 Å². The molecule has 0 heterocycles. The number of hydrogen-bond donors (Lipinski definition) is 2. The summed E-state index contributed by atoms with van der Waals surface area (Å²) in [7, 11) is 0. The molecule has 92 valence electrons. The highest BCUT2D eigenvalue weighted by Crippen LogP contribution is 2.06. The van der Waals surface area contributed by atoms with Gasteiger partial charge < -0.3 is 15.8 Å². The molecule has 0 saturated carbocycles. The fraction of sp³-hybridized carbons (Fsp3) is 0.900. The highest BCUT2D eigenvalue weighted by molar-refractivity contribution is 5.85. The Bertz CT molecular complexity index is 181. The second-order valence-electron chi connectivity index (χ2n) is 4.39. The van der Waals surface area contributed by atoms with Crippen molar-refractivity contribution in [1.82, 2.24) is 5.32 Å². The minimum Gasteiger partial charge on any atom is -0.444 e. The van der Waals surface area contributed by atoms with Crippen LogP contribution in [0.1, 0.15) is 40.5 Å². The Labute approximate surface area is 98.3 Å². The molecular formula is C10H23ClN2O2. The van der Waals surface area contributed by atoms with Crippen LogP contribution in [-0.2, 0) is 4.74 Å². The number of carbonyl (C=O) groups excluding carboxylic acids is 1. The van der Waals surface area contributed by atoms with Crippen LogP contribution in [0.15, 0.2) is 0 Å². The normalized spacial score (nSPS) is 12.6. The van der Waals surface area contributed by atoms with Gasteiger partial charge in [0.2, 0.25) is 0 Å². The first-order chi connectivity index (χ1) is 6.35. The molecule has 4 nitrogen and oxygen atoms in total. The van der Waals surface area contributed by atoms with Gasteiger partial charge in [-0.1, -0.05) is 6.92 Å². The molecule has 0 aliphatic heterocycles. The van der Waals surface area contributed by atoms with Gasteiger partial charge in [0.15, 0.2) is 0 Å². The molecule has 0 spiro atoms. The Morgan fingerprint density at radius 1 is 1.47 bits per heavy atom. The Morgan fingerprint density at radius 2 is 2.00 bits per heavy atom. The lowest BCUT2D eigenvalue weighted by molar-refractivity contribution is 0.0526. The van der Waals surface area contributed by atoms with Crippen LogP contribution in [0.5, 0.6) is 0 Å². The van der Waals surface area contributed by atoms with Crippen LogP contribution in [0, 0.1) is 0 Å². The second-order valence-corrected chi connectivity index (χ2v) is 4.39. The van der Waals surface area contributed by atoms with Gasteiger partial charge in [-0.3, -0.25) is 0 Å². The predicted molar refractivity (Wildman–Crippen MR) is 64.4 cm³/mol. The van der Waals surface area contributed by atoms with E-state index in [1.807, 2.05) is 27.7 Å². The lowest BCUT2D eigenvalue weighted by atomic mass is 10.2. The quantitative estimate of drug-likeness (QED) is 0.788. The summed E-state index contributed by atoms with van der Waals surface area (Å²) in [5, 5.41) is 2.66. The van der Waals surface area contributed by atoms with E-state index in [1.54, 1.807) is 0 Å². The first kappa shape index (κ1) is 16.9. The summed E-state index contributed by atoms with van der Waals surface area (Å²) in [6, 6.07) is 0.157. The number of amides is 1. The van der Waals surface area contributed by atoms with Gasteiger partial charge in [-0.2, -0.15) is 0 Å². The van der Waals surface area contributed by atoms with Gasteiger partial charge >= 0.3 is 6.09 Å². The van der Waals surface area contributed by atoms with Gasteiger partial charge in [0.05, 0.1) is 0 Å². The smallest absolute Gasteiger partial charge is 0.407 e. The summed E-state index contributed by atoms with van der Waals surface area (Å²) < 4.78 is 5.06. The van der Waals surface area contributed by atoms with E-state index in [4.69, 9.17) is 10.5 Å². The Kier molecular flexibility index (Phi) is 8.77. The molecular weight excluding hydrogens is 216 g/mol. The monoisotopic (exact) mass is 238 g/mol. The van der Waals surface area contributed by atoms with Crippen LogP contribution < -0.4 is 11.1 Å². The van der Waals surface area contributed by atoms with Gasteiger partial charge in [0, 0.05) is 12.6 Å². The van der Waals surface area contributed by atoms with Crippen LogP contribution >= 0.6 is 12.4 Å². The van der Waals surface area contributed by atoms with Crippen LogP contribution in [-0.4, -0.2) is 24.3 Å². The van der Waals surface area contributed by atoms with Crippen molar-refractivity contribution in [2.45, 2.75) is 52.2 Å². The van der Waals surface area contributed by atoms with Crippen molar-refractivity contribution in [1.29, 1.82) is 0 Å². The average Bonchev–Trinajstić information content (AvgIpc) is 2.00. The third kappa shape index (κ3) is 11.4. The van der Waals surface area contributed by atoms with E-state index in [0.29, 0.717) is 6.54 Å². The molecule has 5 heteroatoms. The second kappa shape index (κ2) is 7.77. The van der Waals surface area contributed by atoms with Crippen LogP contribution in [0.4, 0.5) is 4.79 Å². The molecule has 1 unspecified atom stereocenters. The molecule has 0 aromatic carbocycles. The molecule has 0 aromatic heterocycles. The Hall–Kier alpha value is -0.480. The number of nitrogens with one attached hydrogen (secondary N) is 1. The highest BCUT2D eigenvalue weighted by Gasteiger charge is 2.15. The van der Waals surface area contributed by atoms with Crippen molar-refractivity contribution in [3.05, 3.63) is 0 Å². The molecule has 1 amide bonds. The highest BCUT2D eigenvalue weighted by atomic mass is 35.5. The third-order valence-electron chi connectivity index (χ3n) is 1.71. The SMILES string of the molecule is CCC(N)CCNC(=O)OC(C)(C)C.Cl. The molecule has 0 rings (SSSR count). The van der Waals surface area contributed by atoms with Gasteiger partial charge in [-0.25, -0.2) is 4.79 Å². The van der Waals surface area contributed by atoms with E-state index in [2.05, 4.69) is 5.32 Å². The summed E-state index contributed by atoms with van der Waals surface area (Å²) in [4.78, 5) is 11.2. The predicted octanol–water partition coefficient (Wildman–Crippen LogP) is 2.06. The van der Waals surface area contributed by atoms with Crippen molar-refractivity contribution >= 4 is 18.5 Å². The zero-order chi connectivity index (χ0) is 11.2. The van der Waals surface area contributed by atoms with Gasteiger partial charge in [0.1, 0.15) is 5.60 Å². The van der Waals surface area contributed by atoms with Crippen molar-refractivity contribution < 1.29 is 9.53 Å². The van der Waals surface area contributed by atoms with Crippen LogP contribution in [0.2, 0.25) is 0 Å². The standard InChI is InChI=1S/C10H22N2O2.ClH/c1-5-8(11)6-7-12-9(13)14-10(2,3)4;/h8H,5-7,11H2,1-4H3,(H,12,13);1H. The van der Waals surface area contributed by atoms with E-state index in [1.165, 1.54) is 0 Å². The molecule has 1 atom stereocenters. The van der Waals surface area contributed by atoms with Crippen molar-refractivity contribution in [3.8, 4) is 0 Å². The number of halogens is 1. The van der Waals surface area contributed by atoms with E-state index in [9.17, 15) is 4.79 Å². The molecule has 0 aliphatic rings. The molecule has 3 N–H and O–H groups in total. The Balaban J connectivity index is 0. The van der Waals surface area contributed by atoms with E-state index < -0.39 is 5.60 Å². The molecule has 0 fully saturated rings. The van der Waals surface area contributed by atoms with Crippen LogP contribution in [0.25, 0.3) is 0 Å². The van der Waals surface area contributed by atoms with E-state index in [-0.39, 0.29) is 24.5 Å². The number of rotatable bonds is 4. The van der Waals surface area contributed by atoms with Gasteiger partial charge in [-0.15, -0.1) is 12.4 Å². The maximum Gasteiger partial charge on any atom is 0.407 e. The summed E-state index contributed by atoms with van der Waals surface area (Å²) in [5.74, 6) is 0. The Morgan fingerprint density at radius 3 is 2.40 bits per heavy atom. The third-order valence-corrected chi connectivity index (χ3v) is 1.71. The molecule has 0 radical (unpaired) electrons. The zero-order valence-electron chi connectivity index (χ0n) is 10.0. The molecule has 0 saturated heterocycles. The summed E-state index contributed by atoms with van der Waals surface area (Å²) in [6.45, 7) is 8.11. The molecule has 15 heavy (non-hydrogen) atoms. The van der Waals surface area contributed by atoms with Gasteiger partial charge in [0.25, 0.3) is 0 Å². The number of nitrogens with two attached hydrogens (primary N) is 1. The maximum absolute atomic E-state index is 11.2. The van der Waals surface area contributed by atoms with Gasteiger partial charge in [-0.05, 0) is 33.6 Å². The summed E-state index contributed by atoms with van der Waals surface area (Å²) in [5.41, 5.74) is 5.26. The topological polar surface area (TPSA) is 64.3 Å². The fourth-order valence-corrected chi connectivity index (χ4v) is 0.878. The maximum atomic E-state index is 11.2. The largest absolute Gasteiger partial charge is 0.444 e. The molecule has 0 aliphatic carbocycles. The summed E-state index contributed by atoms with van der Waals surface area (Å²) in [6.07, 6.45) is 1.34. The molecule has 0 bridgehead atoms. The van der Waals surface area contributed by atoms with E-state index in [0.717, 1.165) is 12.8 Å². The van der Waals surface area contributed by atoms with E-state index >= 15 is 0 Å². The van der Waals surface area contributed by atoms with Crippen molar-refractivity contribution in [2.75, 3.05) is 6.54 Å². The fourth-order valence-electron chi connectivity index (χ4n) is 0.878. The number of alkyl carbamates (subject to hydrolysis) is 1. The minimum atomic E-state index is -0.434. The minimum absolute atomic E-state index is 0. The number of hydrogen-bond acceptors (Lipinski definition) is 3. The first-order valence-corrected chi connectivity index (χ1v) is 5.07. The lowest BCUT2D eigenvalue weighted by Gasteiger charge is -2.20. The van der Waals surface area contributed by atoms with Crippen LogP contribution in [0.3, 0.4) is 0 Å². The molecule has 0 aromatic rings. The van der Waals surface area contributed by atoms with Crippen molar-refractivity contribution in [2.24, 2.45) is 5.73 Å². The number of ether oxygens (including phenoxy) is 1. The lowest BCUT2D eigenvalue weighted by Crippen LogP contribution is -2.35. The zero-order valence-corrected chi connectivity index (χ0v) is 10.8.